The van der Waals surface area contributed by atoms with E-state index in [9.17, 15) is 0 Å². The summed E-state index contributed by atoms with van der Waals surface area (Å²) >= 11 is 0. The number of aromatic nitrogens is 3. The number of pyridine rings is 1. The summed E-state index contributed by atoms with van der Waals surface area (Å²) in [6.07, 6.45) is 13.2. The monoisotopic (exact) mass is 319 g/mol. The molecule has 2 aromatic heterocycles. The molecule has 120 valence electrons. The van der Waals surface area contributed by atoms with E-state index < -0.39 is 0 Å². The predicted molar refractivity (Wildman–Crippen MR) is 91.2 cm³/mol. The topological polar surface area (TPSA) is 60.0 Å². The minimum Gasteiger partial charge on any atom is -0.465 e. The van der Waals surface area contributed by atoms with Gasteiger partial charge in [-0.15, -0.1) is 0 Å². The van der Waals surface area contributed by atoms with E-state index in [0.717, 1.165) is 46.8 Å². The number of ether oxygens (including phenoxy) is 2. The third kappa shape index (κ3) is 2.76. The van der Waals surface area contributed by atoms with Crippen molar-refractivity contribution in [1.29, 1.82) is 0 Å². The van der Waals surface area contributed by atoms with Crippen LogP contribution in [0.15, 0.2) is 66.5 Å². The van der Waals surface area contributed by atoms with E-state index in [1.165, 1.54) is 0 Å². The lowest BCUT2D eigenvalue weighted by Gasteiger charge is -2.19. The fourth-order valence-electron chi connectivity index (χ4n) is 2.74. The number of hydrogen-bond donors (Lipinski definition) is 1. The molecule has 2 aromatic rings. The van der Waals surface area contributed by atoms with Gasteiger partial charge in [-0.1, -0.05) is 24.3 Å². The molecule has 3 heterocycles. The predicted octanol–water partition coefficient (Wildman–Crippen LogP) is 4.24. The smallest absolute Gasteiger partial charge is 0.173 e. The molecule has 0 saturated heterocycles. The van der Waals surface area contributed by atoms with Gasteiger partial charge in [0.25, 0.3) is 0 Å². The molecule has 0 amide bonds. The molecule has 0 radical (unpaired) electrons. The molecule has 0 atom stereocenters. The van der Waals surface area contributed by atoms with Gasteiger partial charge in [0.2, 0.25) is 0 Å². The van der Waals surface area contributed by atoms with Gasteiger partial charge in [-0.2, -0.15) is 5.10 Å². The summed E-state index contributed by atoms with van der Waals surface area (Å²) in [6.45, 7) is 1.96. The minimum atomic E-state index is 0.620. The molecule has 0 saturated carbocycles. The Labute approximate surface area is 140 Å². The Morgan fingerprint density at radius 1 is 1.17 bits per heavy atom. The van der Waals surface area contributed by atoms with E-state index in [1.54, 1.807) is 18.7 Å². The molecule has 5 heteroatoms. The Morgan fingerprint density at radius 2 is 2.08 bits per heavy atom. The largest absolute Gasteiger partial charge is 0.465 e. The van der Waals surface area contributed by atoms with Crippen LogP contribution in [0.1, 0.15) is 24.1 Å². The van der Waals surface area contributed by atoms with E-state index in [4.69, 9.17) is 9.47 Å². The van der Waals surface area contributed by atoms with Crippen molar-refractivity contribution in [3.63, 3.8) is 0 Å². The van der Waals surface area contributed by atoms with Crippen molar-refractivity contribution in [3.8, 4) is 11.4 Å². The Hall–Kier alpha value is -3.08. The SMILES string of the molecule is Cc1cccc(-c2n[nH]cc2C2=COC=C(C3=CC=CCC3)O2)n1. The molecule has 4 rings (SSSR count). The highest BCUT2D eigenvalue weighted by atomic mass is 16.5. The first-order valence-electron chi connectivity index (χ1n) is 7.89. The highest BCUT2D eigenvalue weighted by Gasteiger charge is 2.21. The van der Waals surface area contributed by atoms with E-state index in [2.05, 4.69) is 27.3 Å². The van der Waals surface area contributed by atoms with Gasteiger partial charge in [0.1, 0.15) is 18.2 Å². The minimum absolute atomic E-state index is 0.620. The van der Waals surface area contributed by atoms with Gasteiger partial charge in [0, 0.05) is 11.9 Å². The summed E-state index contributed by atoms with van der Waals surface area (Å²) in [7, 11) is 0. The standard InChI is InChI=1S/C19H17N3O2/c1-13-6-5-9-16(21-13)19-15(10-20-22-19)18-12-23-11-17(24-18)14-7-3-2-4-8-14/h2-3,5-7,9-12H,4,8H2,1H3,(H,20,22). The second-order valence-electron chi connectivity index (χ2n) is 5.67. The summed E-state index contributed by atoms with van der Waals surface area (Å²) in [4.78, 5) is 4.54. The molecule has 0 spiro atoms. The maximum absolute atomic E-state index is 6.07. The van der Waals surface area contributed by atoms with E-state index in [-0.39, 0.29) is 0 Å². The average Bonchev–Trinajstić information content (AvgIpc) is 3.12. The van der Waals surface area contributed by atoms with Crippen LogP contribution in [0.2, 0.25) is 0 Å². The van der Waals surface area contributed by atoms with E-state index in [1.807, 2.05) is 31.2 Å². The number of rotatable bonds is 3. The molecule has 2 aliphatic rings. The Kier molecular flexibility index (Phi) is 3.75. The molecule has 1 aliphatic carbocycles. The van der Waals surface area contributed by atoms with Gasteiger partial charge in [-0.3, -0.25) is 10.1 Å². The van der Waals surface area contributed by atoms with Crippen molar-refractivity contribution < 1.29 is 9.47 Å². The first kappa shape index (κ1) is 14.5. The van der Waals surface area contributed by atoms with E-state index >= 15 is 0 Å². The Bertz CT molecular complexity index is 888. The van der Waals surface area contributed by atoms with Crippen molar-refractivity contribution >= 4 is 5.76 Å². The van der Waals surface area contributed by atoms with Gasteiger partial charge in [0.15, 0.2) is 11.5 Å². The Morgan fingerprint density at radius 3 is 2.92 bits per heavy atom. The third-order valence-corrected chi connectivity index (χ3v) is 3.94. The lowest BCUT2D eigenvalue weighted by molar-refractivity contribution is 0.285. The highest BCUT2D eigenvalue weighted by molar-refractivity contribution is 5.74. The number of nitrogens with one attached hydrogen (secondary N) is 1. The summed E-state index contributed by atoms with van der Waals surface area (Å²) in [5.74, 6) is 1.36. The molecule has 24 heavy (non-hydrogen) atoms. The first-order valence-corrected chi connectivity index (χ1v) is 7.89. The number of hydrogen-bond acceptors (Lipinski definition) is 4. The summed E-state index contributed by atoms with van der Waals surface area (Å²) in [5.41, 5.74) is 4.43. The van der Waals surface area contributed by atoms with Crippen molar-refractivity contribution in [1.82, 2.24) is 15.2 Å². The van der Waals surface area contributed by atoms with Gasteiger partial charge in [-0.05, 0) is 37.5 Å². The lowest BCUT2D eigenvalue weighted by atomic mass is 10.0. The van der Waals surface area contributed by atoms with Crippen LogP contribution in [0.4, 0.5) is 0 Å². The zero-order valence-corrected chi connectivity index (χ0v) is 13.3. The first-order chi connectivity index (χ1) is 11.8. The zero-order chi connectivity index (χ0) is 16.4. The van der Waals surface area contributed by atoms with Crippen LogP contribution in [0.3, 0.4) is 0 Å². The molecular formula is C19H17N3O2. The van der Waals surface area contributed by atoms with Crippen LogP contribution < -0.4 is 0 Å². The second kappa shape index (κ2) is 6.20. The summed E-state index contributed by atoms with van der Waals surface area (Å²) in [6, 6.07) is 5.86. The van der Waals surface area contributed by atoms with Crippen LogP contribution in [-0.2, 0) is 9.47 Å². The maximum atomic E-state index is 6.07. The molecule has 5 nitrogen and oxygen atoms in total. The maximum Gasteiger partial charge on any atom is 0.173 e. The molecule has 1 N–H and O–H groups in total. The molecular weight excluding hydrogens is 302 g/mol. The van der Waals surface area contributed by atoms with Gasteiger partial charge in [-0.25, -0.2) is 0 Å². The summed E-state index contributed by atoms with van der Waals surface area (Å²) < 4.78 is 11.6. The quantitative estimate of drug-likeness (QED) is 0.919. The van der Waals surface area contributed by atoms with Gasteiger partial charge in [0.05, 0.1) is 11.3 Å². The van der Waals surface area contributed by atoms with Crippen LogP contribution in [0.25, 0.3) is 17.1 Å². The molecule has 0 fully saturated rings. The number of H-pyrrole nitrogens is 1. The van der Waals surface area contributed by atoms with Crippen molar-refractivity contribution in [3.05, 3.63) is 77.7 Å². The average molecular weight is 319 g/mol. The number of allylic oxidation sites excluding steroid dienone is 4. The van der Waals surface area contributed by atoms with Crippen molar-refractivity contribution in [2.45, 2.75) is 19.8 Å². The molecule has 0 unspecified atom stereocenters. The van der Waals surface area contributed by atoms with E-state index in [0.29, 0.717) is 5.76 Å². The normalized spacial score (nSPS) is 16.6. The number of aromatic amines is 1. The van der Waals surface area contributed by atoms with Gasteiger partial charge < -0.3 is 9.47 Å². The van der Waals surface area contributed by atoms with Crippen LogP contribution in [0.5, 0.6) is 0 Å². The molecule has 1 aliphatic heterocycles. The fourth-order valence-corrected chi connectivity index (χ4v) is 2.74. The number of aryl methyl sites for hydroxylation is 1. The summed E-state index contributed by atoms with van der Waals surface area (Å²) in [5, 5.41) is 7.23. The second-order valence-corrected chi connectivity index (χ2v) is 5.67. The molecule has 0 bridgehead atoms. The lowest BCUT2D eigenvalue weighted by Crippen LogP contribution is -2.04. The number of nitrogens with zero attached hydrogens (tertiary/aromatic N) is 2. The fraction of sp³-hybridized carbons (Fsp3) is 0.158. The zero-order valence-electron chi connectivity index (χ0n) is 13.3. The van der Waals surface area contributed by atoms with Crippen LogP contribution >= 0.6 is 0 Å². The molecule has 0 aromatic carbocycles. The van der Waals surface area contributed by atoms with Gasteiger partial charge >= 0.3 is 0 Å². The van der Waals surface area contributed by atoms with Crippen molar-refractivity contribution in [2.24, 2.45) is 0 Å². The third-order valence-electron chi connectivity index (χ3n) is 3.94. The highest BCUT2D eigenvalue weighted by Crippen LogP contribution is 2.33. The Balaban J connectivity index is 1.64. The van der Waals surface area contributed by atoms with Crippen LogP contribution in [0, 0.1) is 6.92 Å². The van der Waals surface area contributed by atoms with Crippen LogP contribution in [-0.4, -0.2) is 15.2 Å². The van der Waals surface area contributed by atoms with Crippen molar-refractivity contribution in [2.75, 3.05) is 0 Å².